The van der Waals surface area contributed by atoms with Gasteiger partial charge in [-0.2, -0.15) is 0 Å². The Morgan fingerprint density at radius 2 is 1.90 bits per heavy atom. The molecule has 3 aliphatic rings. The lowest BCUT2D eigenvalue weighted by molar-refractivity contribution is 0.0720. The van der Waals surface area contributed by atoms with Crippen molar-refractivity contribution in [2.24, 2.45) is 7.05 Å². The first-order valence-corrected chi connectivity index (χ1v) is 8.35. The van der Waals surface area contributed by atoms with E-state index in [2.05, 4.69) is 34.8 Å². The van der Waals surface area contributed by atoms with E-state index in [0.29, 0.717) is 12.2 Å². The van der Waals surface area contributed by atoms with Crippen LogP contribution in [0, 0.1) is 0 Å². The molecule has 3 nitrogen and oxygen atoms in total. The van der Waals surface area contributed by atoms with Crippen LogP contribution in [0.4, 0.5) is 5.69 Å². The minimum absolute atomic E-state index is 0.344. The Kier molecular flexibility index (Phi) is 2.46. The topological polar surface area (TPSA) is 17.4 Å². The van der Waals surface area contributed by atoms with Gasteiger partial charge in [0.1, 0.15) is 0 Å². The highest BCUT2D eigenvalue weighted by atomic mass is 16.5. The van der Waals surface area contributed by atoms with Crippen LogP contribution in [0.15, 0.2) is 18.3 Å². The molecule has 5 rings (SSSR count). The molecule has 0 N–H and O–H groups in total. The number of aromatic nitrogens is 1. The Bertz CT molecular complexity index is 712. The monoisotopic (exact) mass is 282 g/mol. The third-order valence-electron chi connectivity index (χ3n) is 5.59. The number of ether oxygens (including phenoxy) is 1. The Morgan fingerprint density at radius 1 is 1.10 bits per heavy atom. The van der Waals surface area contributed by atoms with Crippen LogP contribution in [0.25, 0.3) is 10.9 Å². The van der Waals surface area contributed by atoms with Gasteiger partial charge in [0.15, 0.2) is 0 Å². The van der Waals surface area contributed by atoms with Crippen LogP contribution in [-0.2, 0) is 11.8 Å². The molecule has 1 aromatic carbocycles. The van der Waals surface area contributed by atoms with Crippen molar-refractivity contribution in [2.75, 3.05) is 18.0 Å². The highest BCUT2D eigenvalue weighted by molar-refractivity contribution is 5.97. The Labute approximate surface area is 125 Å². The number of piperidine rings is 1. The molecule has 1 aromatic heterocycles. The SMILES string of the molecule is Cn1ccc2c(N3CCCCC3)cc3c(c21)C1CCC3O1. The van der Waals surface area contributed by atoms with Gasteiger partial charge >= 0.3 is 0 Å². The number of hydrogen-bond donors (Lipinski definition) is 0. The first-order chi connectivity index (χ1) is 10.3. The van der Waals surface area contributed by atoms with E-state index >= 15 is 0 Å². The number of fused-ring (bicyclic) bond motifs is 7. The summed E-state index contributed by atoms with van der Waals surface area (Å²) in [4.78, 5) is 2.60. The molecule has 0 saturated carbocycles. The van der Waals surface area contributed by atoms with Crippen LogP contribution in [0.5, 0.6) is 0 Å². The summed E-state index contributed by atoms with van der Waals surface area (Å²) in [6, 6.07) is 4.75. The van der Waals surface area contributed by atoms with Crippen molar-refractivity contribution in [3.63, 3.8) is 0 Å². The Morgan fingerprint density at radius 3 is 2.76 bits per heavy atom. The molecule has 0 spiro atoms. The van der Waals surface area contributed by atoms with E-state index < -0.39 is 0 Å². The smallest absolute Gasteiger partial charge is 0.0858 e. The third kappa shape index (κ3) is 1.58. The van der Waals surface area contributed by atoms with Crippen LogP contribution in [0.3, 0.4) is 0 Å². The first-order valence-electron chi connectivity index (χ1n) is 8.35. The summed E-state index contributed by atoms with van der Waals surface area (Å²) in [6.45, 7) is 2.41. The van der Waals surface area contributed by atoms with Crippen molar-refractivity contribution >= 4 is 16.6 Å². The third-order valence-corrected chi connectivity index (χ3v) is 5.59. The molecule has 0 aliphatic carbocycles. The van der Waals surface area contributed by atoms with Gasteiger partial charge in [0.25, 0.3) is 0 Å². The lowest BCUT2D eigenvalue weighted by Crippen LogP contribution is -2.29. The van der Waals surface area contributed by atoms with Crippen LogP contribution < -0.4 is 4.90 Å². The van der Waals surface area contributed by atoms with Crippen molar-refractivity contribution in [3.8, 4) is 0 Å². The van der Waals surface area contributed by atoms with Gasteiger partial charge in [0.2, 0.25) is 0 Å². The van der Waals surface area contributed by atoms with E-state index in [9.17, 15) is 0 Å². The molecule has 4 heterocycles. The second-order valence-electron chi connectivity index (χ2n) is 6.83. The van der Waals surface area contributed by atoms with E-state index in [1.54, 1.807) is 0 Å². The van der Waals surface area contributed by atoms with Gasteiger partial charge in [-0.1, -0.05) is 0 Å². The molecule has 2 saturated heterocycles. The fraction of sp³-hybridized carbons (Fsp3) is 0.556. The fourth-order valence-electron chi connectivity index (χ4n) is 4.59. The molecule has 0 amide bonds. The van der Waals surface area contributed by atoms with Crippen LogP contribution in [-0.4, -0.2) is 17.7 Å². The minimum atomic E-state index is 0.344. The van der Waals surface area contributed by atoms with E-state index in [1.807, 2.05) is 0 Å². The van der Waals surface area contributed by atoms with E-state index in [-0.39, 0.29) is 0 Å². The van der Waals surface area contributed by atoms with Crippen molar-refractivity contribution in [1.29, 1.82) is 0 Å². The van der Waals surface area contributed by atoms with Crippen molar-refractivity contribution in [1.82, 2.24) is 4.57 Å². The minimum Gasteiger partial charge on any atom is -0.371 e. The second-order valence-corrected chi connectivity index (χ2v) is 6.83. The van der Waals surface area contributed by atoms with Crippen LogP contribution in [0.1, 0.15) is 55.4 Å². The number of benzene rings is 1. The number of rotatable bonds is 1. The molecule has 0 radical (unpaired) electrons. The van der Waals surface area contributed by atoms with Crippen molar-refractivity contribution in [2.45, 2.75) is 44.3 Å². The highest BCUT2D eigenvalue weighted by Crippen LogP contribution is 2.54. The van der Waals surface area contributed by atoms with E-state index in [1.165, 1.54) is 72.9 Å². The number of anilines is 1. The normalized spacial score (nSPS) is 27.6. The van der Waals surface area contributed by atoms with E-state index in [0.717, 1.165) is 0 Å². The summed E-state index contributed by atoms with van der Waals surface area (Å²) in [5, 5.41) is 1.43. The Balaban J connectivity index is 1.76. The van der Waals surface area contributed by atoms with Gasteiger partial charge in [-0.05, 0) is 49.8 Å². The number of nitrogens with zero attached hydrogens (tertiary/aromatic N) is 2. The molecular weight excluding hydrogens is 260 g/mol. The maximum atomic E-state index is 6.19. The summed E-state index contributed by atoms with van der Waals surface area (Å²) >= 11 is 0. The summed E-state index contributed by atoms with van der Waals surface area (Å²) in [5.41, 5.74) is 5.82. The molecule has 2 fully saturated rings. The molecule has 3 aliphatic heterocycles. The highest BCUT2D eigenvalue weighted by Gasteiger charge is 2.40. The molecule has 2 bridgehead atoms. The predicted octanol–water partition coefficient (Wildman–Crippen LogP) is 4.07. The van der Waals surface area contributed by atoms with Gasteiger partial charge in [-0.3, -0.25) is 0 Å². The zero-order chi connectivity index (χ0) is 14.0. The molecule has 2 aromatic rings. The van der Waals surface area contributed by atoms with Gasteiger partial charge in [-0.15, -0.1) is 0 Å². The molecule has 2 unspecified atom stereocenters. The predicted molar refractivity (Wildman–Crippen MR) is 84.8 cm³/mol. The average molecular weight is 282 g/mol. The van der Waals surface area contributed by atoms with Crippen LogP contribution in [0.2, 0.25) is 0 Å². The lowest BCUT2D eigenvalue weighted by Gasteiger charge is -2.30. The van der Waals surface area contributed by atoms with Crippen molar-refractivity contribution in [3.05, 3.63) is 29.5 Å². The first kappa shape index (κ1) is 12.1. The quantitative estimate of drug-likeness (QED) is 0.784. The molecular formula is C18H22N2O. The van der Waals surface area contributed by atoms with Gasteiger partial charge in [-0.25, -0.2) is 0 Å². The number of aryl methyl sites for hydroxylation is 1. The maximum absolute atomic E-state index is 6.19. The van der Waals surface area contributed by atoms with Gasteiger partial charge in [0, 0.05) is 43.0 Å². The standard InChI is InChI=1S/C18H22N2O/c1-19-10-7-12-14(20-8-3-2-4-9-20)11-13-15-5-6-16(21-15)17(13)18(12)19/h7,10-11,15-16H,2-6,8-9H2,1H3. The fourth-order valence-corrected chi connectivity index (χ4v) is 4.59. The lowest BCUT2D eigenvalue weighted by atomic mass is 9.89. The Hall–Kier alpha value is -1.48. The summed E-state index contributed by atoms with van der Waals surface area (Å²) in [7, 11) is 2.18. The number of hydrogen-bond acceptors (Lipinski definition) is 2. The van der Waals surface area contributed by atoms with Crippen molar-refractivity contribution < 1.29 is 4.74 Å². The molecule has 110 valence electrons. The zero-order valence-corrected chi connectivity index (χ0v) is 12.6. The average Bonchev–Trinajstić information content (AvgIpc) is 3.22. The van der Waals surface area contributed by atoms with Gasteiger partial charge < -0.3 is 14.2 Å². The van der Waals surface area contributed by atoms with E-state index in [4.69, 9.17) is 4.74 Å². The molecule has 2 atom stereocenters. The van der Waals surface area contributed by atoms with Crippen LogP contribution >= 0.6 is 0 Å². The zero-order valence-electron chi connectivity index (χ0n) is 12.6. The largest absolute Gasteiger partial charge is 0.371 e. The second kappa shape index (κ2) is 4.26. The summed E-state index contributed by atoms with van der Waals surface area (Å²) in [5.74, 6) is 0. The summed E-state index contributed by atoms with van der Waals surface area (Å²) in [6.07, 6.45) is 9.34. The molecule has 3 heteroatoms. The summed E-state index contributed by atoms with van der Waals surface area (Å²) < 4.78 is 8.48. The van der Waals surface area contributed by atoms with Gasteiger partial charge in [0.05, 0.1) is 17.7 Å². The maximum Gasteiger partial charge on any atom is 0.0858 e. The molecule has 21 heavy (non-hydrogen) atoms.